The molecular formula is C22H20FN5O. The van der Waals surface area contributed by atoms with Crippen LogP contribution in [0.2, 0.25) is 0 Å². The summed E-state index contributed by atoms with van der Waals surface area (Å²) in [6.45, 7) is 4.25. The maximum absolute atomic E-state index is 13.4. The molecule has 0 radical (unpaired) electrons. The second-order valence-corrected chi connectivity index (χ2v) is 6.90. The first-order valence-electron chi connectivity index (χ1n) is 9.17. The standard InChI is InChI=1S/C22H20FN5O/c1-13-9-20(25-12-15-5-3-6-16(23)11-15)27-22(26-13)28-14(2)10-18-17(21(24)29)7-4-8-19(18)28/h3-11H,12H2,1-2H3,(H2,24,29)(H,25,26,27). The lowest BCUT2D eigenvalue weighted by atomic mass is 10.1. The number of nitrogens with one attached hydrogen (secondary N) is 1. The van der Waals surface area contributed by atoms with Gasteiger partial charge < -0.3 is 11.1 Å². The molecule has 6 nitrogen and oxygen atoms in total. The Kier molecular flexibility index (Phi) is 4.72. The summed E-state index contributed by atoms with van der Waals surface area (Å²) in [5.74, 6) is 0.365. The minimum Gasteiger partial charge on any atom is -0.366 e. The van der Waals surface area contributed by atoms with E-state index in [9.17, 15) is 9.18 Å². The van der Waals surface area contributed by atoms with E-state index in [1.807, 2.05) is 42.7 Å². The van der Waals surface area contributed by atoms with Crippen molar-refractivity contribution in [3.8, 4) is 5.95 Å². The lowest BCUT2D eigenvalue weighted by Crippen LogP contribution is -2.11. The predicted octanol–water partition coefficient (Wildman–Crippen LogP) is 3.89. The van der Waals surface area contributed by atoms with Crippen LogP contribution >= 0.6 is 0 Å². The number of hydrogen-bond donors (Lipinski definition) is 2. The minimum atomic E-state index is -0.477. The molecule has 1 amide bonds. The summed E-state index contributed by atoms with van der Waals surface area (Å²) < 4.78 is 15.3. The van der Waals surface area contributed by atoms with Gasteiger partial charge in [0.05, 0.1) is 5.52 Å². The number of fused-ring (bicyclic) bond motifs is 1. The Morgan fingerprint density at radius 2 is 1.90 bits per heavy atom. The first-order chi connectivity index (χ1) is 13.9. The van der Waals surface area contributed by atoms with Gasteiger partial charge in [-0.15, -0.1) is 0 Å². The number of rotatable bonds is 5. The van der Waals surface area contributed by atoms with E-state index in [2.05, 4.69) is 15.3 Å². The number of nitrogens with two attached hydrogens (primary N) is 1. The summed E-state index contributed by atoms with van der Waals surface area (Å²) in [6, 6.07) is 15.6. The highest BCUT2D eigenvalue weighted by Gasteiger charge is 2.15. The maximum Gasteiger partial charge on any atom is 0.249 e. The number of aromatic nitrogens is 3. The van der Waals surface area contributed by atoms with Crippen molar-refractivity contribution >= 4 is 22.6 Å². The van der Waals surface area contributed by atoms with Gasteiger partial charge in [0.2, 0.25) is 11.9 Å². The molecule has 0 aliphatic carbocycles. The van der Waals surface area contributed by atoms with E-state index in [1.54, 1.807) is 18.2 Å². The number of hydrogen-bond acceptors (Lipinski definition) is 4. The molecule has 2 aromatic carbocycles. The quantitative estimate of drug-likeness (QED) is 0.542. The second kappa shape index (κ2) is 7.35. The summed E-state index contributed by atoms with van der Waals surface area (Å²) in [6.07, 6.45) is 0. The summed E-state index contributed by atoms with van der Waals surface area (Å²) in [4.78, 5) is 21.0. The van der Waals surface area contributed by atoms with E-state index in [4.69, 9.17) is 5.73 Å². The Morgan fingerprint density at radius 1 is 1.10 bits per heavy atom. The zero-order valence-electron chi connectivity index (χ0n) is 16.1. The highest BCUT2D eigenvalue weighted by atomic mass is 19.1. The maximum atomic E-state index is 13.4. The summed E-state index contributed by atoms with van der Waals surface area (Å²) >= 11 is 0. The molecule has 4 rings (SSSR count). The molecule has 0 atom stereocenters. The topological polar surface area (TPSA) is 85.8 Å². The molecule has 0 saturated carbocycles. The highest BCUT2D eigenvalue weighted by molar-refractivity contribution is 6.06. The molecule has 146 valence electrons. The summed E-state index contributed by atoms with van der Waals surface area (Å²) in [5, 5.41) is 3.98. The number of carbonyl (C=O) groups excluding carboxylic acids is 1. The lowest BCUT2D eigenvalue weighted by molar-refractivity contribution is 0.100. The largest absolute Gasteiger partial charge is 0.366 e. The van der Waals surface area contributed by atoms with Crippen molar-refractivity contribution in [2.75, 3.05) is 5.32 Å². The van der Waals surface area contributed by atoms with Crippen LogP contribution < -0.4 is 11.1 Å². The fraction of sp³-hybridized carbons (Fsp3) is 0.136. The molecule has 3 N–H and O–H groups in total. The number of anilines is 1. The van der Waals surface area contributed by atoms with E-state index in [1.165, 1.54) is 12.1 Å². The van der Waals surface area contributed by atoms with Crippen molar-refractivity contribution in [2.24, 2.45) is 5.73 Å². The molecule has 29 heavy (non-hydrogen) atoms. The molecule has 0 bridgehead atoms. The van der Waals surface area contributed by atoms with E-state index in [0.29, 0.717) is 23.9 Å². The molecular weight excluding hydrogens is 369 g/mol. The molecule has 0 spiro atoms. The van der Waals surface area contributed by atoms with Crippen LogP contribution in [0.15, 0.2) is 54.6 Å². The minimum absolute atomic E-state index is 0.274. The number of carbonyl (C=O) groups is 1. The zero-order chi connectivity index (χ0) is 20.5. The highest BCUT2D eigenvalue weighted by Crippen LogP contribution is 2.26. The van der Waals surface area contributed by atoms with Gasteiger partial charge in [0.25, 0.3) is 0 Å². The first-order valence-corrected chi connectivity index (χ1v) is 9.17. The average Bonchev–Trinajstić information content (AvgIpc) is 3.01. The SMILES string of the molecule is Cc1cc(NCc2cccc(F)c2)nc(-n2c(C)cc3c(C(N)=O)cccc32)n1. The Balaban J connectivity index is 1.73. The normalized spacial score (nSPS) is 11.0. The van der Waals surface area contributed by atoms with E-state index < -0.39 is 5.91 Å². The van der Waals surface area contributed by atoms with Gasteiger partial charge in [-0.05, 0) is 49.7 Å². The molecule has 0 fully saturated rings. The Hall–Kier alpha value is -3.74. The van der Waals surface area contributed by atoms with Crippen molar-refractivity contribution in [1.82, 2.24) is 14.5 Å². The molecule has 2 aromatic heterocycles. The Labute approximate surface area is 167 Å². The number of halogens is 1. The smallest absolute Gasteiger partial charge is 0.249 e. The van der Waals surface area contributed by atoms with Crippen LogP contribution in [0.1, 0.15) is 27.3 Å². The van der Waals surface area contributed by atoms with Gasteiger partial charge in [-0.25, -0.2) is 9.37 Å². The molecule has 0 saturated heterocycles. The van der Waals surface area contributed by atoms with E-state index in [-0.39, 0.29) is 5.82 Å². The van der Waals surface area contributed by atoms with Crippen LogP contribution in [0, 0.1) is 19.7 Å². The summed E-state index contributed by atoms with van der Waals surface area (Å²) in [5.41, 5.74) is 9.26. The van der Waals surface area contributed by atoms with Crippen molar-refractivity contribution in [1.29, 1.82) is 0 Å². The third-order valence-corrected chi connectivity index (χ3v) is 4.70. The fourth-order valence-electron chi connectivity index (χ4n) is 3.43. The van der Waals surface area contributed by atoms with Gasteiger partial charge in [0.1, 0.15) is 11.6 Å². The van der Waals surface area contributed by atoms with Gasteiger partial charge in [-0.3, -0.25) is 9.36 Å². The van der Waals surface area contributed by atoms with E-state index >= 15 is 0 Å². The third-order valence-electron chi connectivity index (χ3n) is 4.70. The van der Waals surface area contributed by atoms with E-state index in [0.717, 1.165) is 27.9 Å². The second-order valence-electron chi connectivity index (χ2n) is 6.90. The first kappa shape index (κ1) is 18.6. The molecule has 2 heterocycles. The number of primary amides is 1. The molecule has 7 heteroatoms. The van der Waals surface area contributed by atoms with Crippen LogP contribution in [0.4, 0.5) is 10.2 Å². The summed E-state index contributed by atoms with van der Waals surface area (Å²) in [7, 11) is 0. The number of nitrogens with zero attached hydrogens (tertiary/aromatic N) is 3. The van der Waals surface area contributed by atoms with Crippen LogP contribution in [0.25, 0.3) is 16.9 Å². The van der Waals surface area contributed by atoms with Crippen molar-refractivity contribution in [2.45, 2.75) is 20.4 Å². The third kappa shape index (κ3) is 3.67. The predicted molar refractivity (Wildman–Crippen MR) is 111 cm³/mol. The average molecular weight is 389 g/mol. The van der Waals surface area contributed by atoms with Gasteiger partial charge in [-0.1, -0.05) is 18.2 Å². The van der Waals surface area contributed by atoms with Gasteiger partial charge in [0.15, 0.2) is 0 Å². The molecule has 0 aliphatic rings. The van der Waals surface area contributed by atoms with Gasteiger partial charge in [0, 0.05) is 34.9 Å². The van der Waals surface area contributed by atoms with Gasteiger partial charge in [-0.2, -0.15) is 4.98 Å². The Bertz CT molecular complexity index is 1230. The molecule has 0 unspecified atom stereocenters. The van der Waals surface area contributed by atoms with Gasteiger partial charge >= 0.3 is 0 Å². The Morgan fingerprint density at radius 3 is 2.66 bits per heavy atom. The fourth-order valence-corrected chi connectivity index (χ4v) is 3.43. The van der Waals surface area contributed by atoms with Crippen molar-refractivity contribution < 1.29 is 9.18 Å². The molecule has 0 aliphatic heterocycles. The number of amides is 1. The van der Waals surface area contributed by atoms with Crippen molar-refractivity contribution in [3.63, 3.8) is 0 Å². The lowest BCUT2D eigenvalue weighted by Gasteiger charge is -2.11. The zero-order valence-corrected chi connectivity index (χ0v) is 16.1. The van der Waals surface area contributed by atoms with Crippen LogP contribution in [-0.2, 0) is 6.54 Å². The van der Waals surface area contributed by atoms with Crippen LogP contribution in [0.3, 0.4) is 0 Å². The van der Waals surface area contributed by atoms with Crippen LogP contribution in [0.5, 0.6) is 0 Å². The van der Waals surface area contributed by atoms with Crippen molar-refractivity contribution in [3.05, 3.63) is 82.9 Å². The monoisotopic (exact) mass is 389 g/mol. The van der Waals surface area contributed by atoms with Crippen LogP contribution in [-0.4, -0.2) is 20.4 Å². The number of aryl methyl sites for hydroxylation is 2. The molecule has 4 aromatic rings. The number of benzene rings is 2.